The number of hydrogen-bond donors (Lipinski definition) is 2. The molecule has 3 nitrogen and oxygen atoms in total. The Hall–Kier alpha value is -0.770. The fourth-order valence-corrected chi connectivity index (χ4v) is 3.09. The molecule has 106 valence electrons. The number of ether oxygens (including phenoxy) is 1. The van der Waals surface area contributed by atoms with Crippen LogP contribution in [0.4, 0.5) is 5.69 Å². The van der Waals surface area contributed by atoms with E-state index >= 15 is 0 Å². The first-order chi connectivity index (χ1) is 9.18. The zero-order valence-electron chi connectivity index (χ0n) is 11.5. The molecule has 1 aromatic rings. The van der Waals surface area contributed by atoms with Crippen molar-refractivity contribution in [1.82, 2.24) is 5.32 Å². The lowest BCUT2D eigenvalue weighted by Gasteiger charge is -2.38. The van der Waals surface area contributed by atoms with E-state index in [-0.39, 0.29) is 5.41 Å². The lowest BCUT2D eigenvalue weighted by molar-refractivity contribution is 0.0461. The molecule has 0 aromatic heterocycles. The van der Waals surface area contributed by atoms with Crippen LogP contribution in [0.3, 0.4) is 0 Å². The van der Waals surface area contributed by atoms with E-state index in [0.29, 0.717) is 10.7 Å². The van der Waals surface area contributed by atoms with Crippen LogP contribution in [0.2, 0.25) is 5.02 Å². The van der Waals surface area contributed by atoms with Crippen molar-refractivity contribution in [2.45, 2.75) is 31.1 Å². The molecular weight excluding hydrogens is 260 g/mol. The molecule has 2 rings (SSSR count). The minimum atomic E-state index is 0.201. The van der Waals surface area contributed by atoms with E-state index in [1.54, 1.807) is 0 Å². The van der Waals surface area contributed by atoms with Gasteiger partial charge in [0.2, 0.25) is 0 Å². The zero-order valence-corrected chi connectivity index (χ0v) is 12.3. The second-order valence-electron chi connectivity index (χ2n) is 5.34. The highest BCUT2D eigenvalue weighted by Crippen LogP contribution is 2.40. The zero-order chi connectivity index (χ0) is 13.7. The van der Waals surface area contributed by atoms with Crippen LogP contribution in [0, 0.1) is 0 Å². The van der Waals surface area contributed by atoms with Gasteiger partial charge in [-0.1, -0.05) is 17.7 Å². The van der Waals surface area contributed by atoms with E-state index in [2.05, 4.69) is 11.4 Å². The van der Waals surface area contributed by atoms with E-state index in [0.717, 1.165) is 39.0 Å². The predicted molar refractivity (Wildman–Crippen MR) is 80.8 cm³/mol. The van der Waals surface area contributed by atoms with Crippen molar-refractivity contribution in [2.24, 2.45) is 0 Å². The van der Waals surface area contributed by atoms with Gasteiger partial charge in [-0.2, -0.15) is 0 Å². The molecule has 0 atom stereocenters. The van der Waals surface area contributed by atoms with Gasteiger partial charge < -0.3 is 15.8 Å². The molecule has 0 spiro atoms. The molecule has 1 heterocycles. The Morgan fingerprint density at radius 1 is 1.37 bits per heavy atom. The number of nitrogens with two attached hydrogens (primary N) is 1. The van der Waals surface area contributed by atoms with Crippen molar-refractivity contribution in [3.8, 4) is 0 Å². The van der Waals surface area contributed by atoms with Crippen LogP contribution in [0.5, 0.6) is 0 Å². The highest BCUT2D eigenvalue weighted by atomic mass is 35.5. The summed E-state index contributed by atoms with van der Waals surface area (Å²) in [5.74, 6) is 0. The van der Waals surface area contributed by atoms with E-state index in [1.807, 2.05) is 19.2 Å². The monoisotopic (exact) mass is 282 g/mol. The molecule has 1 aromatic carbocycles. The Bertz CT molecular complexity index is 417. The fourth-order valence-electron chi connectivity index (χ4n) is 2.91. The molecule has 0 bridgehead atoms. The summed E-state index contributed by atoms with van der Waals surface area (Å²) >= 11 is 6.19. The summed E-state index contributed by atoms with van der Waals surface area (Å²) < 4.78 is 5.53. The van der Waals surface area contributed by atoms with Gasteiger partial charge in [0.15, 0.2) is 0 Å². The van der Waals surface area contributed by atoms with Gasteiger partial charge in [0.1, 0.15) is 0 Å². The number of nitrogen functional groups attached to an aromatic ring is 1. The minimum Gasteiger partial charge on any atom is -0.398 e. The van der Waals surface area contributed by atoms with Crippen LogP contribution in [0.15, 0.2) is 18.2 Å². The molecule has 0 amide bonds. The first-order valence-corrected chi connectivity index (χ1v) is 7.34. The molecule has 1 fully saturated rings. The first-order valence-electron chi connectivity index (χ1n) is 6.96. The van der Waals surface area contributed by atoms with Gasteiger partial charge in [-0.05, 0) is 62.4 Å². The maximum Gasteiger partial charge on any atom is 0.0638 e. The molecule has 19 heavy (non-hydrogen) atoms. The summed E-state index contributed by atoms with van der Waals surface area (Å²) in [6.45, 7) is 2.72. The van der Waals surface area contributed by atoms with Crippen LogP contribution in [0.1, 0.15) is 31.2 Å². The maximum atomic E-state index is 6.19. The Morgan fingerprint density at radius 2 is 2.11 bits per heavy atom. The Kier molecular flexibility index (Phi) is 5.08. The van der Waals surface area contributed by atoms with Crippen LogP contribution in [-0.2, 0) is 10.2 Å². The molecule has 0 radical (unpaired) electrons. The number of benzene rings is 1. The lowest BCUT2D eigenvalue weighted by Crippen LogP contribution is -2.34. The summed E-state index contributed by atoms with van der Waals surface area (Å²) in [4.78, 5) is 0. The second kappa shape index (κ2) is 6.60. The van der Waals surface area contributed by atoms with Crippen LogP contribution >= 0.6 is 11.6 Å². The van der Waals surface area contributed by atoms with Gasteiger partial charge >= 0.3 is 0 Å². The number of halogens is 1. The summed E-state index contributed by atoms with van der Waals surface area (Å²) in [5.41, 5.74) is 7.98. The quantitative estimate of drug-likeness (QED) is 0.645. The van der Waals surface area contributed by atoms with Crippen molar-refractivity contribution in [3.05, 3.63) is 28.8 Å². The lowest BCUT2D eigenvalue weighted by atomic mass is 9.71. The third kappa shape index (κ3) is 3.41. The summed E-state index contributed by atoms with van der Waals surface area (Å²) in [5, 5.41) is 3.88. The maximum absolute atomic E-state index is 6.19. The predicted octanol–water partition coefficient (Wildman–Crippen LogP) is 2.97. The van der Waals surface area contributed by atoms with Gasteiger partial charge in [0.05, 0.1) is 10.7 Å². The van der Waals surface area contributed by atoms with Crippen molar-refractivity contribution in [2.75, 3.05) is 32.5 Å². The standard InChI is InChI=1S/C15H23ClN2O/c1-18-8-2-5-15(6-9-19-10-7-15)12-3-4-14(17)13(16)11-12/h3-4,11,18H,2,5-10,17H2,1H3. The van der Waals surface area contributed by atoms with E-state index in [9.17, 15) is 0 Å². The Balaban J connectivity index is 2.22. The SMILES string of the molecule is CNCCCC1(c2ccc(N)c(Cl)c2)CCOCC1. The van der Waals surface area contributed by atoms with E-state index < -0.39 is 0 Å². The van der Waals surface area contributed by atoms with Crippen LogP contribution in [-0.4, -0.2) is 26.8 Å². The molecule has 1 saturated heterocycles. The van der Waals surface area contributed by atoms with Crippen molar-refractivity contribution >= 4 is 17.3 Å². The third-order valence-electron chi connectivity index (χ3n) is 4.14. The van der Waals surface area contributed by atoms with E-state index in [1.165, 1.54) is 12.0 Å². The smallest absolute Gasteiger partial charge is 0.0638 e. The third-order valence-corrected chi connectivity index (χ3v) is 4.47. The highest BCUT2D eigenvalue weighted by molar-refractivity contribution is 6.33. The molecule has 4 heteroatoms. The largest absolute Gasteiger partial charge is 0.398 e. The van der Waals surface area contributed by atoms with Crippen LogP contribution in [0.25, 0.3) is 0 Å². The second-order valence-corrected chi connectivity index (χ2v) is 5.74. The van der Waals surface area contributed by atoms with Crippen molar-refractivity contribution in [1.29, 1.82) is 0 Å². The van der Waals surface area contributed by atoms with Gasteiger partial charge in [-0.3, -0.25) is 0 Å². The first kappa shape index (κ1) is 14.6. The van der Waals surface area contributed by atoms with Crippen molar-refractivity contribution in [3.63, 3.8) is 0 Å². The van der Waals surface area contributed by atoms with Crippen LogP contribution < -0.4 is 11.1 Å². The average Bonchev–Trinajstić information content (AvgIpc) is 2.43. The number of rotatable bonds is 5. The minimum absolute atomic E-state index is 0.201. The fraction of sp³-hybridized carbons (Fsp3) is 0.600. The molecule has 1 aliphatic heterocycles. The summed E-state index contributed by atoms with van der Waals surface area (Å²) in [6.07, 6.45) is 4.46. The molecule has 0 aliphatic carbocycles. The number of hydrogen-bond acceptors (Lipinski definition) is 3. The number of anilines is 1. The number of nitrogens with one attached hydrogen (secondary N) is 1. The topological polar surface area (TPSA) is 47.3 Å². The summed E-state index contributed by atoms with van der Waals surface area (Å²) in [6, 6.07) is 6.10. The van der Waals surface area contributed by atoms with Crippen molar-refractivity contribution < 1.29 is 4.74 Å². The average molecular weight is 283 g/mol. The van der Waals surface area contributed by atoms with Gasteiger partial charge in [0.25, 0.3) is 0 Å². The molecule has 0 unspecified atom stereocenters. The molecule has 3 N–H and O–H groups in total. The van der Waals surface area contributed by atoms with Gasteiger partial charge in [0, 0.05) is 13.2 Å². The highest BCUT2D eigenvalue weighted by Gasteiger charge is 2.34. The van der Waals surface area contributed by atoms with Gasteiger partial charge in [-0.15, -0.1) is 0 Å². The Labute approximate surface area is 120 Å². The summed E-state index contributed by atoms with van der Waals surface area (Å²) in [7, 11) is 2.00. The molecule has 0 saturated carbocycles. The normalized spacial score (nSPS) is 18.4. The van der Waals surface area contributed by atoms with E-state index in [4.69, 9.17) is 22.1 Å². The van der Waals surface area contributed by atoms with Gasteiger partial charge in [-0.25, -0.2) is 0 Å². The molecular formula is C15H23ClN2O. The molecule has 1 aliphatic rings. The Morgan fingerprint density at radius 3 is 2.74 bits per heavy atom.